The van der Waals surface area contributed by atoms with Crippen LogP contribution in [0.4, 0.5) is 11.4 Å². The fourth-order valence-electron chi connectivity index (χ4n) is 3.41. The molecule has 3 rings (SSSR count). The van der Waals surface area contributed by atoms with Gasteiger partial charge in [0.05, 0.1) is 12.8 Å². The van der Waals surface area contributed by atoms with Crippen LogP contribution in [0.2, 0.25) is 5.02 Å². The van der Waals surface area contributed by atoms with E-state index in [1.165, 1.54) is 19.6 Å². The van der Waals surface area contributed by atoms with E-state index in [-0.39, 0.29) is 24.8 Å². The summed E-state index contributed by atoms with van der Waals surface area (Å²) >= 11 is 6.17. The molecule has 0 radical (unpaired) electrons. The van der Waals surface area contributed by atoms with Crippen molar-refractivity contribution < 1.29 is 14.3 Å². The minimum Gasteiger partial charge on any atom is -0.495 e. The molecule has 142 valence electrons. The summed E-state index contributed by atoms with van der Waals surface area (Å²) in [6, 6.07) is 11.5. The van der Waals surface area contributed by atoms with Crippen molar-refractivity contribution in [2.45, 2.75) is 26.7 Å². The van der Waals surface area contributed by atoms with Crippen LogP contribution in [0, 0.1) is 6.92 Å². The Morgan fingerprint density at radius 2 is 2.00 bits per heavy atom. The second kappa shape index (κ2) is 8.01. The number of aryl methyl sites for hydroxylation is 1. The first-order chi connectivity index (χ1) is 12.9. The lowest BCUT2D eigenvalue weighted by atomic mass is 10.1. The van der Waals surface area contributed by atoms with Gasteiger partial charge in [0.1, 0.15) is 5.75 Å². The van der Waals surface area contributed by atoms with Crippen LogP contribution in [-0.2, 0) is 16.0 Å². The smallest absolute Gasteiger partial charge is 0.228 e. The molecule has 27 heavy (non-hydrogen) atoms. The van der Waals surface area contributed by atoms with Gasteiger partial charge in [0.25, 0.3) is 0 Å². The molecule has 1 aliphatic rings. The van der Waals surface area contributed by atoms with E-state index in [4.69, 9.17) is 16.3 Å². The summed E-state index contributed by atoms with van der Waals surface area (Å²) in [6.45, 7) is 4.32. The Morgan fingerprint density at radius 3 is 2.70 bits per heavy atom. The summed E-state index contributed by atoms with van der Waals surface area (Å²) < 4.78 is 5.39. The Bertz CT molecular complexity index is 882. The predicted octanol–water partition coefficient (Wildman–Crippen LogP) is 3.99. The highest BCUT2D eigenvalue weighted by Gasteiger charge is 2.25. The van der Waals surface area contributed by atoms with Gasteiger partial charge >= 0.3 is 0 Å². The number of halogens is 1. The number of para-hydroxylation sites is 1. The first kappa shape index (κ1) is 19.2. The van der Waals surface area contributed by atoms with Gasteiger partial charge in [-0.25, -0.2) is 0 Å². The zero-order chi connectivity index (χ0) is 19.6. The Hall–Kier alpha value is -2.53. The van der Waals surface area contributed by atoms with E-state index < -0.39 is 0 Å². The number of carbonyl (C=O) groups excluding carboxylic acids is 2. The summed E-state index contributed by atoms with van der Waals surface area (Å²) in [4.78, 5) is 28.4. The molecular formula is C21H23ClN2O3. The number of rotatable bonds is 5. The third kappa shape index (κ3) is 3.93. The number of amides is 2. The van der Waals surface area contributed by atoms with Crippen LogP contribution >= 0.6 is 11.6 Å². The lowest BCUT2D eigenvalue weighted by Crippen LogP contribution is -2.36. The number of fused-ring (bicyclic) bond motifs is 1. The van der Waals surface area contributed by atoms with Crippen LogP contribution in [0.1, 0.15) is 24.5 Å². The first-order valence-corrected chi connectivity index (χ1v) is 9.30. The van der Waals surface area contributed by atoms with Crippen LogP contribution < -0.4 is 14.5 Å². The predicted molar refractivity (Wildman–Crippen MR) is 108 cm³/mol. The highest BCUT2D eigenvalue weighted by molar-refractivity contribution is 6.31. The second-order valence-corrected chi connectivity index (χ2v) is 7.03. The monoisotopic (exact) mass is 386 g/mol. The summed E-state index contributed by atoms with van der Waals surface area (Å²) in [7, 11) is 1.54. The standard InChI is InChI=1S/C21H23ClN2O3/c1-14-12-19(20(27-3)13-17(14)22)23(15(2)25)11-9-21(26)24-10-8-16-6-4-5-7-18(16)24/h4-7,12-13H,8-11H2,1-3H3. The van der Waals surface area contributed by atoms with Crippen molar-refractivity contribution in [3.8, 4) is 5.75 Å². The van der Waals surface area contributed by atoms with E-state index in [0.717, 1.165) is 17.7 Å². The van der Waals surface area contributed by atoms with Gasteiger partial charge in [-0.1, -0.05) is 29.8 Å². The van der Waals surface area contributed by atoms with Gasteiger partial charge in [0.2, 0.25) is 11.8 Å². The minimum absolute atomic E-state index is 0.0100. The molecule has 0 aromatic heterocycles. The number of carbonyl (C=O) groups is 2. The van der Waals surface area contributed by atoms with Crippen LogP contribution in [0.5, 0.6) is 5.75 Å². The molecule has 0 spiro atoms. The van der Waals surface area contributed by atoms with E-state index in [1.54, 1.807) is 15.9 Å². The number of hydrogen-bond donors (Lipinski definition) is 0. The van der Waals surface area contributed by atoms with Gasteiger partial charge < -0.3 is 14.5 Å². The molecular weight excluding hydrogens is 364 g/mol. The van der Waals surface area contributed by atoms with Gasteiger partial charge in [0, 0.05) is 43.2 Å². The maximum atomic E-state index is 12.8. The molecule has 5 nitrogen and oxygen atoms in total. The summed E-state index contributed by atoms with van der Waals surface area (Å²) in [6.07, 6.45) is 1.10. The Balaban J connectivity index is 1.78. The number of hydrogen-bond acceptors (Lipinski definition) is 3. The minimum atomic E-state index is -0.148. The third-order valence-corrected chi connectivity index (χ3v) is 5.28. The maximum absolute atomic E-state index is 12.8. The van der Waals surface area contributed by atoms with Crippen molar-refractivity contribution in [1.82, 2.24) is 0 Å². The van der Waals surface area contributed by atoms with Crippen molar-refractivity contribution in [1.29, 1.82) is 0 Å². The van der Waals surface area contributed by atoms with Gasteiger partial charge in [-0.05, 0) is 36.6 Å². The average Bonchev–Trinajstić information content (AvgIpc) is 3.08. The highest BCUT2D eigenvalue weighted by Crippen LogP contribution is 2.34. The van der Waals surface area contributed by atoms with Crippen LogP contribution in [0.15, 0.2) is 36.4 Å². The lowest BCUT2D eigenvalue weighted by molar-refractivity contribution is -0.118. The van der Waals surface area contributed by atoms with Gasteiger partial charge in [-0.15, -0.1) is 0 Å². The van der Waals surface area contributed by atoms with Crippen molar-refractivity contribution in [2.75, 3.05) is 30.0 Å². The molecule has 1 aliphatic heterocycles. The third-order valence-electron chi connectivity index (χ3n) is 4.87. The summed E-state index contributed by atoms with van der Waals surface area (Å²) in [5.41, 5.74) is 3.63. The molecule has 0 unspecified atom stereocenters. The van der Waals surface area contributed by atoms with Crippen LogP contribution in [0.3, 0.4) is 0 Å². The number of nitrogens with zero attached hydrogens (tertiary/aromatic N) is 2. The zero-order valence-corrected chi connectivity index (χ0v) is 16.5. The molecule has 2 aromatic carbocycles. The molecule has 0 saturated carbocycles. The summed E-state index contributed by atoms with van der Waals surface area (Å²) in [5.74, 6) is 0.375. The van der Waals surface area contributed by atoms with Crippen LogP contribution in [0.25, 0.3) is 0 Å². The Kier molecular flexibility index (Phi) is 5.71. The van der Waals surface area contributed by atoms with Crippen molar-refractivity contribution in [2.24, 2.45) is 0 Å². The first-order valence-electron chi connectivity index (χ1n) is 8.93. The molecule has 0 N–H and O–H groups in total. The van der Waals surface area contributed by atoms with Gasteiger partial charge in [0.15, 0.2) is 0 Å². The lowest BCUT2D eigenvalue weighted by Gasteiger charge is -2.25. The molecule has 0 aliphatic carbocycles. The van der Waals surface area contributed by atoms with Crippen molar-refractivity contribution in [3.05, 3.63) is 52.5 Å². The number of benzene rings is 2. The largest absolute Gasteiger partial charge is 0.495 e. The highest BCUT2D eigenvalue weighted by atomic mass is 35.5. The van der Waals surface area contributed by atoms with E-state index in [9.17, 15) is 9.59 Å². The van der Waals surface area contributed by atoms with Crippen LogP contribution in [-0.4, -0.2) is 32.0 Å². The molecule has 0 saturated heterocycles. The average molecular weight is 387 g/mol. The molecule has 0 bridgehead atoms. The van der Waals surface area contributed by atoms with E-state index in [2.05, 4.69) is 0 Å². The van der Waals surface area contributed by atoms with E-state index in [1.807, 2.05) is 37.3 Å². The molecule has 6 heteroatoms. The van der Waals surface area contributed by atoms with E-state index in [0.29, 0.717) is 23.0 Å². The SMILES string of the molecule is COc1cc(Cl)c(C)cc1N(CCC(=O)N1CCc2ccccc21)C(C)=O. The maximum Gasteiger partial charge on any atom is 0.228 e. The molecule has 2 amide bonds. The molecule has 0 fully saturated rings. The summed E-state index contributed by atoms with van der Waals surface area (Å²) in [5, 5.41) is 0.573. The number of methoxy groups -OCH3 is 1. The zero-order valence-electron chi connectivity index (χ0n) is 15.8. The normalized spacial score (nSPS) is 12.7. The van der Waals surface area contributed by atoms with E-state index >= 15 is 0 Å². The Labute approximate surface area is 164 Å². The fourth-order valence-corrected chi connectivity index (χ4v) is 3.56. The quantitative estimate of drug-likeness (QED) is 0.780. The molecule has 0 atom stereocenters. The van der Waals surface area contributed by atoms with Crippen molar-refractivity contribution >= 4 is 34.8 Å². The number of anilines is 2. The molecule has 2 aromatic rings. The van der Waals surface area contributed by atoms with Crippen molar-refractivity contribution in [3.63, 3.8) is 0 Å². The molecule has 1 heterocycles. The second-order valence-electron chi connectivity index (χ2n) is 6.62. The van der Waals surface area contributed by atoms with Gasteiger partial charge in [-0.2, -0.15) is 0 Å². The number of ether oxygens (including phenoxy) is 1. The Morgan fingerprint density at radius 1 is 1.26 bits per heavy atom. The fraction of sp³-hybridized carbons (Fsp3) is 0.333. The topological polar surface area (TPSA) is 49.9 Å². The van der Waals surface area contributed by atoms with Gasteiger partial charge in [-0.3, -0.25) is 9.59 Å².